The number of rotatable bonds is 9. The van der Waals surface area contributed by atoms with Crippen LogP contribution in [-0.4, -0.2) is 66.2 Å². The van der Waals surface area contributed by atoms with E-state index in [-0.39, 0.29) is 46.6 Å². The zero-order chi connectivity index (χ0) is 31.1. The van der Waals surface area contributed by atoms with Gasteiger partial charge in [0, 0.05) is 0 Å². The first-order valence-electron chi connectivity index (χ1n) is 15.3. The Bertz CT molecular complexity index is 1430. The third-order valence-corrected chi connectivity index (χ3v) is 19.1. The molecule has 1 N–H and O–H groups in total. The molecule has 43 heavy (non-hydrogen) atoms. The standard InChI is InChI=1S/C30H46N4O7Si2/c1-19(2)42(20(3)4)38-15-24-27(40-43(41-42,21(5)6)22(7)8)26(35)30(39-24)34-17-31-25-28(34)32-16-33(29(25)36)18-37-14-23-12-10-9-11-13-23/h9-13,16-17,19-22,24,26-27,30,35H,14-15,18H2,1-8H3/t24-,26-,27-,30-/m1/s1. The van der Waals surface area contributed by atoms with E-state index in [1.54, 1.807) is 4.57 Å². The minimum atomic E-state index is -2.94. The molecule has 0 unspecified atom stereocenters. The Kier molecular flexibility index (Phi) is 9.45. The monoisotopic (exact) mass is 630 g/mol. The molecule has 0 bridgehead atoms. The highest BCUT2D eigenvalue weighted by molar-refractivity contribution is 6.84. The van der Waals surface area contributed by atoms with Gasteiger partial charge in [-0.05, 0) is 27.7 Å². The Morgan fingerprint density at radius 2 is 1.60 bits per heavy atom. The van der Waals surface area contributed by atoms with Crippen molar-refractivity contribution in [2.75, 3.05) is 6.61 Å². The number of aromatic nitrogens is 4. The summed E-state index contributed by atoms with van der Waals surface area (Å²) in [4.78, 5) is 22.2. The Labute approximate surface area is 255 Å². The molecule has 0 saturated carbocycles. The minimum Gasteiger partial charge on any atom is -0.414 e. The van der Waals surface area contributed by atoms with Crippen molar-refractivity contribution in [2.45, 2.75) is 115 Å². The molecule has 11 nitrogen and oxygen atoms in total. The molecule has 2 aliphatic rings. The van der Waals surface area contributed by atoms with Gasteiger partial charge in [-0.1, -0.05) is 85.7 Å². The number of ether oxygens (including phenoxy) is 2. The lowest BCUT2D eigenvalue weighted by Crippen LogP contribution is -2.65. The van der Waals surface area contributed by atoms with E-state index in [1.807, 2.05) is 30.3 Å². The van der Waals surface area contributed by atoms with Crippen LogP contribution in [-0.2, 0) is 35.8 Å². The predicted octanol–water partition coefficient (Wildman–Crippen LogP) is 4.98. The molecule has 0 aliphatic carbocycles. The Morgan fingerprint density at radius 3 is 2.23 bits per heavy atom. The van der Waals surface area contributed by atoms with E-state index in [2.05, 4.69) is 65.4 Å². The van der Waals surface area contributed by atoms with Crippen LogP contribution in [0.15, 0.2) is 47.8 Å². The lowest BCUT2D eigenvalue weighted by atomic mass is 10.1. The third-order valence-electron chi connectivity index (χ3n) is 8.81. The molecule has 3 aromatic rings. The van der Waals surface area contributed by atoms with E-state index in [0.717, 1.165) is 5.56 Å². The van der Waals surface area contributed by atoms with Gasteiger partial charge in [-0.2, -0.15) is 0 Å². The molecule has 2 fully saturated rings. The minimum absolute atomic E-state index is 0.0376. The normalized spacial score (nSPS) is 25.5. The number of aliphatic hydroxyl groups is 1. The fourth-order valence-electron chi connectivity index (χ4n) is 6.43. The predicted molar refractivity (Wildman–Crippen MR) is 167 cm³/mol. The quantitative estimate of drug-likeness (QED) is 0.327. The van der Waals surface area contributed by atoms with Crippen molar-refractivity contribution in [3.05, 3.63) is 58.9 Å². The van der Waals surface area contributed by atoms with Gasteiger partial charge in [0.05, 0.1) is 19.5 Å². The molecule has 2 saturated heterocycles. The maximum absolute atomic E-state index is 13.3. The van der Waals surface area contributed by atoms with Crippen LogP contribution in [0.3, 0.4) is 0 Å². The highest BCUT2D eigenvalue weighted by atomic mass is 28.5. The van der Waals surface area contributed by atoms with Crippen molar-refractivity contribution in [2.24, 2.45) is 0 Å². The molecule has 1 aromatic carbocycles. The van der Waals surface area contributed by atoms with Gasteiger partial charge in [0.1, 0.15) is 31.4 Å². The first-order chi connectivity index (χ1) is 20.4. The molecule has 13 heteroatoms. The largest absolute Gasteiger partial charge is 0.414 e. The van der Waals surface area contributed by atoms with Gasteiger partial charge in [0.2, 0.25) is 0 Å². The third kappa shape index (κ3) is 5.81. The van der Waals surface area contributed by atoms with Crippen LogP contribution in [0.25, 0.3) is 11.2 Å². The maximum Gasteiger partial charge on any atom is 0.335 e. The fraction of sp³-hybridized carbons (Fsp3) is 0.633. The second-order valence-corrected chi connectivity index (χ2v) is 21.8. The summed E-state index contributed by atoms with van der Waals surface area (Å²) < 4.78 is 36.3. The van der Waals surface area contributed by atoms with Crippen molar-refractivity contribution >= 4 is 28.3 Å². The average molecular weight is 631 g/mol. The van der Waals surface area contributed by atoms with Crippen molar-refractivity contribution in [1.29, 1.82) is 0 Å². The van der Waals surface area contributed by atoms with Gasteiger partial charge in [-0.3, -0.25) is 13.9 Å². The van der Waals surface area contributed by atoms with Crippen LogP contribution in [0.1, 0.15) is 67.2 Å². The molecule has 236 valence electrons. The first kappa shape index (κ1) is 32.2. The number of fused-ring (bicyclic) bond motifs is 2. The van der Waals surface area contributed by atoms with E-state index >= 15 is 0 Å². The summed E-state index contributed by atoms with van der Waals surface area (Å²) in [5.74, 6) is 0. The van der Waals surface area contributed by atoms with Gasteiger partial charge in [0.25, 0.3) is 5.56 Å². The molecule has 4 atom stereocenters. The molecular formula is C30H46N4O7Si2. The molecule has 0 radical (unpaired) electrons. The van der Waals surface area contributed by atoms with Gasteiger partial charge in [-0.25, -0.2) is 9.97 Å². The van der Waals surface area contributed by atoms with E-state index in [9.17, 15) is 9.90 Å². The van der Waals surface area contributed by atoms with Crippen molar-refractivity contribution in [1.82, 2.24) is 19.1 Å². The highest BCUT2D eigenvalue weighted by Gasteiger charge is 2.61. The topological polar surface area (TPSA) is 119 Å². The number of hydrogen-bond donors (Lipinski definition) is 1. The van der Waals surface area contributed by atoms with Gasteiger partial charge >= 0.3 is 17.1 Å². The molecule has 5 rings (SSSR count). The summed E-state index contributed by atoms with van der Waals surface area (Å²) in [5, 5.41) is 11.7. The number of aliphatic hydroxyl groups excluding tert-OH is 1. The van der Waals surface area contributed by atoms with Gasteiger partial charge in [-0.15, -0.1) is 0 Å². The summed E-state index contributed by atoms with van der Waals surface area (Å²) in [6.45, 7) is 17.9. The summed E-state index contributed by atoms with van der Waals surface area (Å²) >= 11 is 0. The number of imidazole rings is 1. The van der Waals surface area contributed by atoms with Crippen LogP contribution in [0.4, 0.5) is 0 Å². The summed E-state index contributed by atoms with van der Waals surface area (Å²) in [5.41, 5.74) is 1.79. The van der Waals surface area contributed by atoms with Crippen molar-refractivity contribution in [3.63, 3.8) is 0 Å². The summed E-state index contributed by atoms with van der Waals surface area (Å²) in [6.07, 6.45) is -0.176. The lowest BCUT2D eigenvalue weighted by molar-refractivity contribution is -0.0570. The molecule has 0 amide bonds. The SMILES string of the molecule is CC(C)[Si]1(C(C)C)OC[C@H]2O[C@@H](n3cnc4c(=O)n(COCc5ccccc5)cnc43)[C@H](O)[C@@H]2O[Si](C(C)C)(C(C)C)O1. The maximum atomic E-state index is 13.3. The smallest absolute Gasteiger partial charge is 0.335 e. The summed E-state index contributed by atoms with van der Waals surface area (Å²) in [6, 6.07) is 9.75. The van der Waals surface area contributed by atoms with E-state index < -0.39 is 41.7 Å². The van der Waals surface area contributed by atoms with Crippen LogP contribution in [0.5, 0.6) is 0 Å². The Balaban J connectivity index is 1.43. The molecule has 0 spiro atoms. The van der Waals surface area contributed by atoms with E-state index in [4.69, 9.17) is 22.4 Å². The van der Waals surface area contributed by atoms with Crippen LogP contribution in [0, 0.1) is 0 Å². The second-order valence-electron chi connectivity index (χ2n) is 12.9. The number of hydrogen-bond acceptors (Lipinski definition) is 9. The first-order valence-corrected chi connectivity index (χ1v) is 19.2. The molecule has 4 heterocycles. The van der Waals surface area contributed by atoms with Crippen LogP contribution in [0.2, 0.25) is 22.2 Å². The van der Waals surface area contributed by atoms with E-state index in [0.29, 0.717) is 12.3 Å². The van der Waals surface area contributed by atoms with Gasteiger partial charge < -0.3 is 27.5 Å². The summed E-state index contributed by atoms with van der Waals surface area (Å²) in [7, 11) is -5.70. The zero-order valence-corrected chi connectivity index (χ0v) is 28.5. The molecular weight excluding hydrogens is 585 g/mol. The molecule has 2 aromatic heterocycles. The lowest BCUT2D eigenvalue weighted by Gasteiger charge is -2.51. The Morgan fingerprint density at radius 1 is 0.953 bits per heavy atom. The van der Waals surface area contributed by atoms with E-state index in [1.165, 1.54) is 17.2 Å². The van der Waals surface area contributed by atoms with Crippen LogP contribution >= 0.6 is 0 Å². The highest BCUT2D eigenvalue weighted by Crippen LogP contribution is 2.48. The fourth-order valence-corrected chi connectivity index (χ4v) is 17.6. The number of nitrogens with zero attached hydrogens (tertiary/aromatic N) is 4. The van der Waals surface area contributed by atoms with Gasteiger partial charge in [0.15, 0.2) is 17.4 Å². The van der Waals surface area contributed by atoms with Crippen LogP contribution < -0.4 is 5.56 Å². The number of benzene rings is 1. The average Bonchev–Trinajstić information content (AvgIpc) is 3.51. The van der Waals surface area contributed by atoms with Crippen molar-refractivity contribution < 1.29 is 27.5 Å². The molecule has 2 aliphatic heterocycles. The Hall–Kier alpha value is -2.24. The second kappa shape index (κ2) is 12.6. The van der Waals surface area contributed by atoms with Crippen molar-refractivity contribution in [3.8, 4) is 0 Å². The zero-order valence-electron chi connectivity index (χ0n) is 26.5.